The first-order valence-electron chi connectivity index (χ1n) is 16.0. The van der Waals surface area contributed by atoms with Gasteiger partial charge in [0, 0.05) is 0 Å². The van der Waals surface area contributed by atoms with Gasteiger partial charge in [-0.05, 0) is 0 Å². The first kappa shape index (κ1) is 31.6. The minimum absolute atomic E-state index is 0.0943. The van der Waals surface area contributed by atoms with Gasteiger partial charge < -0.3 is 0 Å². The number of allylic oxidation sites excluding steroid dienone is 3. The number of benzene rings is 4. The van der Waals surface area contributed by atoms with E-state index in [0.29, 0.717) is 3.63 Å². The van der Waals surface area contributed by atoms with Gasteiger partial charge in [0.2, 0.25) is 0 Å². The molecular weight excluding hydrogens is 717 g/mol. The van der Waals surface area contributed by atoms with Crippen LogP contribution in [-0.2, 0) is 0 Å². The monoisotopic (exact) mass is 764 g/mol. The first-order valence-corrected chi connectivity index (χ1v) is 21.5. The van der Waals surface area contributed by atoms with Crippen LogP contribution in [0.3, 0.4) is 0 Å². The Labute approximate surface area is 268 Å². The van der Waals surface area contributed by atoms with Crippen molar-refractivity contribution < 1.29 is 0 Å². The van der Waals surface area contributed by atoms with Crippen LogP contribution in [0, 0.1) is 5.41 Å². The van der Waals surface area contributed by atoms with Crippen molar-refractivity contribution in [2.45, 2.75) is 31.3 Å². The van der Waals surface area contributed by atoms with Crippen LogP contribution in [-0.4, -0.2) is 70.8 Å². The fourth-order valence-corrected chi connectivity index (χ4v) is 18.4. The molecule has 4 aromatic rings. The maximum atomic E-state index is 2.69. The summed E-state index contributed by atoms with van der Waals surface area (Å²) in [5.74, 6) is 0. The summed E-state index contributed by atoms with van der Waals surface area (Å²) < 4.78 is 3.60. The summed E-state index contributed by atoms with van der Waals surface area (Å²) in [6.07, 6.45) is 5.17. The van der Waals surface area contributed by atoms with Gasteiger partial charge in [0.25, 0.3) is 0 Å². The van der Waals surface area contributed by atoms with E-state index < -0.39 is 21.8 Å². The third-order valence-corrected chi connectivity index (χ3v) is 20.5. The molecule has 0 bridgehead atoms. The molecule has 0 aromatic heterocycles. The molecule has 0 aliphatic heterocycles. The molecule has 0 heterocycles. The van der Waals surface area contributed by atoms with Gasteiger partial charge in [-0.25, -0.2) is 0 Å². The van der Waals surface area contributed by atoms with E-state index in [2.05, 4.69) is 171 Å². The average Bonchev–Trinajstić information content (AvgIpc) is 3.08. The third-order valence-electron chi connectivity index (χ3n) is 9.07. The Morgan fingerprint density at radius 1 is 0.535 bits per heavy atom. The van der Waals surface area contributed by atoms with Gasteiger partial charge in [-0.1, -0.05) is 0 Å². The van der Waals surface area contributed by atoms with Crippen molar-refractivity contribution in [2.75, 3.05) is 39.3 Å². The second-order valence-corrected chi connectivity index (χ2v) is 20.5. The van der Waals surface area contributed by atoms with Gasteiger partial charge in [-0.15, -0.1) is 0 Å². The third kappa shape index (κ3) is 6.96. The molecule has 1 aliphatic rings. The molecule has 1 atom stereocenters. The zero-order valence-electron chi connectivity index (χ0n) is 26.4. The molecule has 0 N–H and O–H groups in total. The van der Waals surface area contributed by atoms with E-state index in [9.17, 15) is 0 Å². The number of nitrogens with zero attached hydrogens (tertiary/aromatic N) is 2. The number of hydrogen-bond acceptors (Lipinski definition) is 2. The fourth-order valence-electron chi connectivity index (χ4n) is 6.85. The number of hydrogen-bond donors (Lipinski definition) is 0. The van der Waals surface area contributed by atoms with Crippen molar-refractivity contribution in [1.29, 1.82) is 0 Å². The van der Waals surface area contributed by atoms with Crippen LogP contribution in [0.4, 0.5) is 0 Å². The standard InChI is InChI=1S/C28H37N2.2C6H5.Bi/c1-5-29(6-2)22-28(23-30(7-3)8-4)21-15-20-26(24-16-11-9-12-17-24)27(28)25-18-13-10-14-19-25;2*1-2-4-6-5-3-1;/h9-21H,5-8,22-23H2,1-4H3;2*1-5H;. The van der Waals surface area contributed by atoms with Crippen molar-refractivity contribution >= 4 is 39.4 Å². The van der Waals surface area contributed by atoms with Crippen molar-refractivity contribution in [3.8, 4) is 0 Å². The molecule has 3 heteroatoms. The van der Waals surface area contributed by atoms with E-state index in [1.807, 2.05) is 0 Å². The fraction of sp³-hybridized carbons (Fsp3) is 0.300. The summed E-state index contributed by atoms with van der Waals surface area (Å²) in [6.45, 7) is 15.6. The van der Waals surface area contributed by atoms with Crippen LogP contribution in [0.1, 0.15) is 38.8 Å². The molecule has 0 saturated heterocycles. The average molecular weight is 765 g/mol. The Hall–Kier alpha value is -2.84. The summed E-state index contributed by atoms with van der Waals surface area (Å²) in [5.41, 5.74) is 5.48. The quantitative estimate of drug-likeness (QED) is 0.130. The summed E-state index contributed by atoms with van der Waals surface area (Å²) in [5, 5.41) is 0. The molecule has 0 radical (unpaired) electrons. The van der Waals surface area contributed by atoms with E-state index in [0.717, 1.165) is 39.3 Å². The van der Waals surface area contributed by atoms with Crippen LogP contribution in [0.2, 0.25) is 3.63 Å². The Kier molecular flexibility index (Phi) is 11.2. The van der Waals surface area contributed by atoms with Crippen LogP contribution >= 0.6 is 0 Å². The van der Waals surface area contributed by atoms with Gasteiger partial charge in [-0.2, -0.15) is 0 Å². The van der Waals surface area contributed by atoms with Crippen molar-refractivity contribution in [3.63, 3.8) is 0 Å². The summed E-state index contributed by atoms with van der Waals surface area (Å²) in [6, 6.07) is 45.6. The molecule has 222 valence electrons. The van der Waals surface area contributed by atoms with Gasteiger partial charge >= 0.3 is 270 Å². The van der Waals surface area contributed by atoms with Gasteiger partial charge in [0.15, 0.2) is 0 Å². The molecule has 0 amide bonds. The Balaban J connectivity index is 1.88. The van der Waals surface area contributed by atoms with E-state index in [1.165, 1.54) is 22.3 Å². The normalized spacial score (nSPS) is 16.4. The van der Waals surface area contributed by atoms with E-state index >= 15 is 0 Å². The van der Waals surface area contributed by atoms with Crippen LogP contribution in [0.5, 0.6) is 0 Å². The predicted octanol–water partition coefficient (Wildman–Crippen LogP) is 7.52. The molecule has 43 heavy (non-hydrogen) atoms. The number of rotatable bonds is 13. The van der Waals surface area contributed by atoms with Crippen LogP contribution in [0.15, 0.2) is 133 Å². The molecule has 4 aromatic carbocycles. The molecular formula is C40H47BiN2. The second-order valence-electron chi connectivity index (χ2n) is 11.4. The minimum atomic E-state index is -2.70. The summed E-state index contributed by atoms with van der Waals surface area (Å²) in [4.78, 5) is 5.39. The molecule has 0 fully saturated rings. The second kappa shape index (κ2) is 15.2. The van der Waals surface area contributed by atoms with Gasteiger partial charge in [0.1, 0.15) is 0 Å². The Bertz CT molecular complexity index is 1400. The zero-order valence-corrected chi connectivity index (χ0v) is 29.8. The Morgan fingerprint density at radius 2 is 0.930 bits per heavy atom. The zero-order chi connectivity index (χ0) is 30.1. The van der Waals surface area contributed by atoms with Crippen LogP contribution in [0.25, 0.3) is 11.1 Å². The molecule has 1 aliphatic carbocycles. The van der Waals surface area contributed by atoms with Gasteiger partial charge in [-0.3, -0.25) is 0 Å². The van der Waals surface area contributed by atoms with Crippen molar-refractivity contribution in [1.82, 2.24) is 9.80 Å². The predicted molar refractivity (Wildman–Crippen MR) is 189 cm³/mol. The summed E-state index contributed by atoms with van der Waals surface area (Å²) in [7, 11) is 0. The van der Waals surface area contributed by atoms with E-state index in [-0.39, 0.29) is 5.41 Å². The van der Waals surface area contributed by atoms with Crippen molar-refractivity contribution in [2.24, 2.45) is 5.41 Å². The van der Waals surface area contributed by atoms with Gasteiger partial charge in [0.05, 0.1) is 0 Å². The molecule has 1 unspecified atom stereocenters. The van der Waals surface area contributed by atoms with Crippen LogP contribution < -0.4 is 6.54 Å². The molecule has 2 nitrogen and oxygen atoms in total. The maximum absolute atomic E-state index is 2.70. The molecule has 5 rings (SSSR count). The van der Waals surface area contributed by atoms with E-state index in [4.69, 9.17) is 0 Å². The van der Waals surface area contributed by atoms with E-state index in [1.54, 1.807) is 6.54 Å². The van der Waals surface area contributed by atoms with Crippen molar-refractivity contribution in [3.05, 3.63) is 145 Å². The molecule has 0 saturated carbocycles. The molecule has 0 spiro atoms. The summed E-state index contributed by atoms with van der Waals surface area (Å²) >= 11 is -2.70. The first-order chi connectivity index (χ1) is 21.1. The topological polar surface area (TPSA) is 6.48 Å². The SMILES string of the molecule is CCN(CC)CC1(CN(CC)CC)C(c2ccccc2)=C(c2ccccc2)C=C[CH]1[Bi]([c]1ccccc1)[c]1ccccc1. The Morgan fingerprint density at radius 3 is 1.35 bits per heavy atom.